The van der Waals surface area contributed by atoms with Crippen LogP contribution in [0.3, 0.4) is 0 Å². The number of hydrogen-bond acceptors (Lipinski definition) is 4. The van der Waals surface area contributed by atoms with Gasteiger partial charge in [-0.2, -0.15) is 5.53 Å². The molecule has 0 fully saturated rings. The Morgan fingerprint density at radius 2 is 2.25 bits per heavy atom. The Morgan fingerprint density at radius 1 is 1.50 bits per heavy atom. The highest BCUT2D eigenvalue weighted by Crippen LogP contribution is 2.15. The van der Waals surface area contributed by atoms with Crippen LogP contribution in [-0.4, -0.2) is 4.98 Å². The standard InChI is InChI=1S/C8H14N4/c1-6(2)7-3-4-10-8(5-7)11-12-9/h3-6,12H,9H2,1-2H3,(H,10,11). The Hall–Kier alpha value is -1.13. The molecule has 1 aromatic rings. The summed E-state index contributed by atoms with van der Waals surface area (Å²) in [6, 6.07) is 3.96. The van der Waals surface area contributed by atoms with Crippen molar-refractivity contribution in [3.8, 4) is 0 Å². The molecular weight excluding hydrogens is 152 g/mol. The first-order valence-corrected chi connectivity index (χ1v) is 3.91. The average molecular weight is 166 g/mol. The second-order valence-corrected chi connectivity index (χ2v) is 2.90. The molecule has 66 valence electrons. The summed E-state index contributed by atoms with van der Waals surface area (Å²) in [5.74, 6) is 6.33. The summed E-state index contributed by atoms with van der Waals surface area (Å²) in [6.45, 7) is 4.27. The van der Waals surface area contributed by atoms with Crippen LogP contribution in [0.1, 0.15) is 25.3 Å². The monoisotopic (exact) mass is 166 g/mol. The van der Waals surface area contributed by atoms with Crippen LogP contribution in [0.2, 0.25) is 0 Å². The highest BCUT2D eigenvalue weighted by molar-refractivity contribution is 5.37. The number of aromatic nitrogens is 1. The highest BCUT2D eigenvalue weighted by Gasteiger charge is 1.99. The van der Waals surface area contributed by atoms with E-state index in [0.717, 1.165) is 5.82 Å². The van der Waals surface area contributed by atoms with E-state index in [-0.39, 0.29) is 0 Å². The van der Waals surface area contributed by atoms with E-state index in [1.54, 1.807) is 6.20 Å². The fourth-order valence-electron chi connectivity index (χ4n) is 0.948. The van der Waals surface area contributed by atoms with Gasteiger partial charge in [0.1, 0.15) is 5.82 Å². The number of nitrogens with one attached hydrogen (secondary N) is 2. The second kappa shape index (κ2) is 4.04. The van der Waals surface area contributed by atoms with Crippen molar-refractivity contribution in [2.75, 3.05) is 5.43 Å². The van der Waals surface area contributed by atoms with Crippen LogP contribution in [0.25, 0.3) is 0 Å². The van der Waals surface area contributed by atoms with Gasteiger partial charge in [-0.1, -0.05) is 13.8 Å². The maximum Gasteiger partial charge on any atom is 0.141 e. The molecule has 0 bridgehead atoms. The molecule has 4 heteroatoms. The van der Waals surface area contributed by atoms with Crippen LogP contribution in [0, 0.1) is 0 Å². The molecule has 0 aromatic carbocycles. The van der Waals surface area contributed by atoms with Gasteiger partial charge in [0.05, 0.1) is 0 Å². The third kappa shape index (κ3) is 2.18. The molecule has 4 nitrogen and oxygen atoms in total. The van der Waals surface area contributed by atoms with Crippen molar-refractivity contribution in [1.82, 2.24) is 10.5 Å². The van der Waals surface area contributed by atoms with E-state index in [1.165, 1.54) is 5.56 Å². The van der Waals surface area contributed by atoms with Crippen LogP contribution in [0.15, 0.2) is 18.3 Å². The summed E-state index contributed by atoms with van der Waals surface area (Å²) in [6.07, 6.45) is 1.76. The molecule has 0 amide bonds. The minimum atomic E-state index is 0.506. The van der Waals surface area contributed by atoms with E-state index in [1.807, 2.05) is 12.1 Å². The molecule has 4 N–H and O–H groups in total. The summed E-state index contributed by atoms with van der Waals surface area (Å²) in [7, 11) is 0. The number of pyridine rings is 1. The minimum absolute atomic E-state index is 0.506. The molecule has 0 saturated heterocycles. The van der Waals surface area contributed by atoms with Gasteiger partial charge in [-0.3, -0.25) is 11.3 Å². The molecule has 0 aliphatic rings. The largest absolute Gasteiger partial charge is 0.292 e. The number of rotatable bonds is 3. The Labute approximate surface area is 72.1 Å². The molecule has 0 aliphatic carbocycles. The Balaban J connectivity index is 2.81. The molecule has 0 spiro atoms. The van der Waals surface area contributed by atoms with E-state index < -0.39 is 0 Å². The fraction of sp³-hybridized carbons (Fsp3) is 0.375. The number of nitrogens with zero attached hydrogens (tertiary/aromatic N) is 1. The Bertz CT molecular complexity index is 247. The molecular formula is C8H14N4. The van der Waals surface area contributed by atoms with Crippen LogP contribution in [0.5, 0.6) is 0 Å². The van der Waals surface area contributed by atoms with Gasteiger partial charge in [0.15, 0.2) is 0 Å². The zero-order chi connectivity index (χ0) is 8.97. The van der Waals surface area contributed by atoms with Gasteiger partial charge in [-0.25, -0.2) is 4.98 Å². The summed E-state index contributed by atoms with van der Waals surface area (Å²) in [4.78, 5) is 4.06. The van der Waals surface area contributed by atoms with Crippen LogP contribution in [-0.2, 0) is 0 Å². The van der Waals surface area contributed by atoms with Crippen molar-refractivity contribution >= 4 is 5.82 Å². The van der Waals surface area contributed by atoms with E-state index in [0.29, 0.717) is 5.92 Å². The average Bonchev–Trinajstić information content (AvgIpc) is 2.05. The zero-order valence-electron chi connectivity index (χ0n) is 7.33. The first-order chi connectivity index (χ1) is 5.74. The van der Waals surface area contributed by atoms with Crippen molar-refractivity contribution in [3.63, 3.8) is 0 Å². The summed E-state index contributed by atoms with van der Waals surface area (Å²) >= 11 is 0. The van der Waals surface area contributed by atoms with Crippen molar-refractivity contribution in [1.29, 1.82) is 0 Å². The molecule has 0 aliphatic heterocycles. The minimum Gasteiger partial charge on any atom is -0.292 e. The van der Waals surface area contributed by atoms with Crippen molar-refractivity contribution in [2.45, 2.75) is 19.8 Å². The smallest absolute Gasteiger partial charge is 0.141 e. The van der Waals surface area contributed by atoms with Gasteiger partial charge in [-0.15, -0.1) is 0 Å². The molecule has 0 atom stereocenters. The lowest BCUT2D eigenvalue weighted by atomic mass is 10.1. The Morgan fingerprint density at radius 3 is 2.83 bits per heavy atom. The Kier molecular flexibility index (Phi) is 3.01. The van der Waals surface area contributed by atoms with E-state index in [4.69, 9.17) is 5.84 Å². The lowest BCUT2D eigenvalue weighted by molar-refractivity contribution is 0.844. The van der Waals surface area contributed by atoms with Crippen molar-refractivity contribution in [3.05, 3.63) is 23.9 Å². The van der Waals surface area contributed by atoms with Crippen LogP contribution in [0.4, 0.5) is 5.82 Å². The normalized spacial score (nSPS) is 10.3. The number of hydrazine groups is 2. The second-order valence-electron chi connectivity index (χ2n) is 2.90. The number of hydrogen-bond donors (Lipinski definition) is 3. The summed E-state index contributed by atoms with van der Waals surface area (Å²) < 4.78 is 0. The first-order valence-electron chi connectivity index (χ1n) is 3.91. The van der Waals surface area contributed by atoms with Gasteiger partial charge in [0.25, 0.3) is 0 Å². The van der Waals surface area contributed by atoms with E-state index in [2.05, 4.69) is 29.8 Å². The lowest BCUT2D eigenvalue weighted by Crippen LogP contribution is -2.29. The van der Waals surface area contributed by atoms with Gasteiger partial charge in [0.2, 0.25) is 0 Å². The van der Waals surface area contributed by atoms with Crippen LogP contribution < -0.4 is 16.8 Å². The van der Waals surface area contributed by atoms with Gasteiger partial charge in [-0.05, 0) is 23.6 Å². The molecule has 1 aromatic heterocycles. The summed E-state index contributed by atoms with van der Waals surface area (Å²) in [5.41, 5.74) is 6.30. The van der Waals surface area contributed by atoms with E-state index in [9.17, 15) is 0 Å². The molecule has 12 heavy (non-hydrogen) atoms. The first kappa shape index (κ1) is 8.96. The van der Waals surface area contributed by atoms with Gasteiger partial charge in [0, 0.05) is 6.20 Å². The fourth-order valence-corrected chi connectivity index (χ4v) is 0.948. The molecule has 1 rings (SSSR count). The predicted octanol–water partition coefficient (Wildman–Crippen LogP) is 0.995. The number of nitrogens with two attached hydrogens (primary N) is 1. The topological polar surface area (TPSA) is 63.0 Å². The zero-order valence-corrected chi connectivity index (χ0v) is 7.33. The molecule has 0 saturated carbocycles. The van der Waals surface area contributed by atoms with Crippen molar-refractivity contribution < 1.29 is 0 Å². The van der Waals surface area contributed by atoms with Gasteiger partial charge < -0.3 is 0 Å². The molecule has 1 heterocycles. The highest BCUT2D eigenvalue weighted by atomic mass is 15.5. The molecule has 0 unspecified atom stereocenters. The third-order valence-electron chi connectivity index (χ3n) is 1.65. The number of anilines is 1. The predicted molar refractivity (Wildman–Crippen MR) is 49.3 cm³/mol. The molecule has 0 radical (unpaired) electrons. The lowest BCUT2D eigenvalue weighted by Gasteiger charge is -2.07. The van der Waals surface area contributed by atoms with Crippen molar-refractivity contribution in [2.24, 2.45) is 5.84 Å². The maximum atomic E-state index is 5.09. The maximum absolute atomic E-state index is 5.09. The van der Waals surface area contributed by atoms with Gasteiger partial charge >= 0.3 is 0 Å². The SMILES string of the molecule is CC(C)c1ccnc(NNN)c1. The van der Waals surface area contributed by atoms with E-state index >= 15 is 0 Å². The summed E-state index contributed by atoms with van der Waals surface area (Å²) in [5, 5.41) is 0. The third-order valence-corrected chi connectivity index (χ3v) is 1.65. The quantitative estimate of drug-likeness (QED) is 0.463. The van der Waals surface area contributed by atoms with Crippen LogP contribution >= 0.6 is 0 Å².